The summed E-state index contributed by atoms with van der Waals surface area (Å²) in [6.45, 7) is 1.96. The van der Waals surface area contributed by atoms with Crippen LogP contribution < -0.4 is 10.6 Å². The molecule has 1 aliphatic carbocycles. The van der Waals surface area contributed by atoms with Gasteiger partial charge in [-0.15, -0.1) is 0 Å². The highest BCUT2D eigenvalue weighted by Gasteiger charge is 2.34. The molecule has 0 spiro atoms. The first-order valence-corrected chi connectivity index (χ1v) is 7.84. The van der Waals surface area contributed by atoms with Gasteiger partial charge in [0, 0.05) is 6.04 Å². The largest absolute Gasteiger partial charge is 0.467 e. The van der Waals surface area contributed by atoms with Crippen molar-refractivity contribution in [3.63, 3.8) is 0 Å². The van der Waals surface area contributed by atoms with Crippen LogP contribution in [0.1, 0.15) is 57.3 Å². The van der Waals surface area contributed by atoms with Crippen LogP contribution in [0.25, 0.3) is 0 Å². The summed E-state index contributed by atoms with van der Waals surface area (Å²) in [6, 6.07) is 4.20. The van der Waals surface area contributed by atoms with Crippen molar-refractivity contribution in [1.29, 1.82) is 0 Å². The van der Waals surface area contributed by atoms with E-state index in [9.17, 15) is 4.79 Å². The summed E-state index contributed by atoms with van der Waals surface area (Å²) in [4.78, 5) is 12.4. The van der Waals surface area contributed by atoms with Crippen molar-refractivity contribution in [2.45, 2.75) is 63.6 Å². The molecule has 2 N–H and O–H groups in total. The fraction of sp³-hybridized carbons (Fsp3) is 0.688. The van der Waals surface area contributed by atoms with Crippen molar-refractivity contribution in [3.8, 4) is 0 Å². The molecule has 3 rings (SSSR count). The third kappa shape index (κ3) is 2.90. The molecule has 4 atom stereocenters. The highest BCUT2D eigenvalue weighted by atomic mass is 16.3. The number of fused-ring (bicyclic) bond motifs is 1. The molecule has 110 valence electrons. The van der Waals surface area contributed by atoms with Gasteiger partial charge in [-0.3, -0.25) is 4.79 Å². The van der Waals surface area contributed by atoms with Gasteiger partial charge in [0.2, 0.25) is 5.91 Å². The number of hydrogen-bond acceptors (Lipinski definition) is 3. The average Bonchev–Trinajstić information content (AvgIpc) is 3.01. The second-order valence-electron chi connectivity index (χ2n) is 6.19. The minimum absolute atomic E-state index is 0.0354. The van der Waals surface area contributed by atoms with E-state index in [-0.39, 0.29) is 18.0 Å². The summed E-state index contributed by atoms with van der Waals surface area (Å²) >= 11 is 0. The van der Waals surface area contributed by atoms with E-state index in [4.69, 9.17) is 4.42 Å². The molecule has 4 heteroatoms. The van der Waals surface area contributed by atoms with Crippen LogP contribution in [0.4, 0.5) is 0 Å². The van der Waals surface area contributed by atoms with Gasteiger partial charge in [0.15, 0.2) is 0 Å². The first kappa shape index (κ1) is 13.7. The third-order valence-electron chi connectivity index (χ3n) is 4.80. The Bertz CT molecular complexity index is 443. The molecule has 1 amide bonds. The van der Waals surface area contributed by atoms with E-state index in [1.165, 1.54) is 32.1 Å². The Morgan fingerprint density at radius 3 is 3.00 bits per heavy atom. The van der Waals surface area contributed by atoms with Gasteiger partial charge in [0.1, 0.15) is 5.76 Å². The predicted octanol–water partition coefficient (Wildman–Crippen LogP) is 2.77. The van der Waals surface area contributed by atoms with E-state index in [1.807, 2.05) is 19.1 Å². The van der Waals surface area contributed by atoms with Gasteiger partial charge in [-0.25, -0.2) is 0 Å². The Balaban J connectivity index is 1.55. The number of furan rings is 1. The van der Waals surface area contributed by atoms with Crippen LogP contribution in [-0.4, -0.2) is 18.0 Å². The zero-order chi connectivity index (χ0) is 13.9. The van der Waals surface area contributed by atoms with E-state index >= 15 is 0 Å². The van der Waals surface area contributed by atoms with Crippen molar-refractivity contribution < 1.29 is 9.21 Å². The van der Waals surface area contributed by atoms with Crippen LogP contribution in [-0.2, 0) is 4.79 Å². The second-order valence-corrected chi connectivity index (χ2v) is 6.19. The van der Waals surface area contributed by atoms with E-state index in [0.29, 0.717) is 6.04 Å². The van der Waals surface area contributed by atoms with Crippen molar-refractivity contribution in [2.24, 2.45) is 5.92 Å². The molecule has 20 heavy (non-hydrogen) atoms. The zero-order valence-electron chi connectivity index (χ0n) is 12.1. The molecule has 0 radical (unpaired) electrons. The van der Waals surface area contributed by atoms with E-state index < -0.39 is 0 Å². The van der Waals surface area contributed by atoms with E-state index in [2.05, 4.69) is 10.6 Å². The number of piperidine rings is 1. The van der Waals surface area contributed by atoms with E-state index in [0.717, 1.165) is 18.1 Å². The summed E-state index contributed by atoms with van der Waals surface area (Å²) in [5.74, 6) is 1.71. The molecule has 4 nitrogen and oxygen atoms in total. The summed E-state index contributed by atoms with van der Waals surface area (Å²) in [7, 11) is 0. The van der Waals surface area contributed by atoms with Crippen molar-refractivity contribution in [2.75, 3.05) is 0 Å². The molecule has 1 saturated heterocycles. The van der Waals surface area contributed by atoms with Gasteiger partial charge in [-0.05, 0) is 50.7 Å². The van der Waals surface area contributed by atoms with Gasteiger partial charge in [0.25, 0.3) is 0 Å². The number of hydrogen-bond donors (Lipinski definition) is 2. The number of carbonyl (C=O) groups excluding carboxylic acids is 1. The normalized spacial score (nSPS) is 31.4. The number of amides is 1. The number of carbonyl (C=O) groups is 1. The zero-order valence-corrected chi connectivity index (χ0v) is 12.1. The Hall–Kier alpha value is -1.29. The predicted molar refractivity (Wildman–Crippen MR) is 77.2 cm³/mol. The summed E-state index contributed by atoms with van der Waals surface area (Å²) in [5.41, 5.74) is 0. The summed E-state index contributed by atoms with van der Waals surface area (Å²) < 4.78 is 5.33. The molecule has 1 aromatic heterocycles. The fourth-order valence-corrected chi connectivity index (χ4v) is 3.62. The molecular weight excluding hydrogens is 252 g/mol. The fourth-order valence-electron chi connectivity index (χ4n) is 3.62. The third-order valence-corrected chi connectivity index (χ3v) is 4.80. The maximum absolute atomic E-state index is 12.4. The van der Waals surface area contributed by atoms with Gasteiger partial charge in [-0.1, -0.05) is 12.8 Å². The molecule has 2 fully saturated rings. The lowest BCUT2D eigenvalue weighted by Gasteiger charge is -2.40. The van der Waals surface area contributed by atoms with Crippen LogP contribution in [0.3, 0.4) is 0 Å². The Labute approximate surface area is 120 Å². The Morgan fingerprint density at radius 1 is 1.35 bits per heavy atom. The molecular formula is C16H24N2O2. The van der Waals surface area contributed by atoms with Crippen LogP contribution in [0.15, 0.2) is 22.8 Å². The minimum atomic E-state index is -0.0663. The molecule has 2 aliphatic rings. The average molecular weight is 276 g/mol. The topological polar surface area (TPSA) is 54.3 Å². The lowest BCUT2D eigenvalue weighted by molar-refractivity contribution is -0.125. The molecule has 0 aromatic carbocycles. The number of rotatable bonds is 3. The molecule has 3 unspecified atom stereocenters. The smallest absolute Gasteiger partial charge is 0.237 e. The minimum Gasteiger partial charge on any atom is -0.467 e. The lowest BCUT2D eigenvalue weighted by Crippen LogP contribution is -2.55. The second kappa shape index (κ2) is 6.00. The van der Waals surface area contributed by atoms with Gasteiger partial charge in [0.05, 0.1) is 18.3 Å². The standard InChI is InChI=1S/C16H24N2O2/c1-11(15-7-4-10-20-15)17-16(19)14-9-8-12-5-2-3-6-13(12)18-14/h4,7,10-14,18H,2-3,5-6,8-9H2,1H3,(H,17,19)/t11-,12?,13?,14?/m0/s1. The van der Waals surface area contributed by atoms with Crippen LogP contribution in [0, 0.1) is 5.92 Å². The van der Waals surface area contributed by atoms with Crippen molar-refractivity contribution >= 4 is 5.91 Å². The van der Waals surface area contributed by atoms with Gasteiger partial charge >= 0.3 is 0 Å². The molecule has 1 aromatic rings. The highest BCUT2D eigenvalue weighted by Crippen LogP contribution is 2.32. The van der Waals surface area contributed by atoms with Gasteiger partial charge in [-0.2, -0.15) is 0 Å². The van der Waals surface area contributed by atoms with Gasteiger partial charge < -0.3 is 15.1 Å². The Kier molecular flexibility index (Phi) is 4.10. The first-order chi connectivity index (χ1) is 9.74. The maximum Gasteiger partial charge on any atom is 0.237 e. The van der Waals surface area contributed by atoms with Crippen LogP contribution >= 0.6 is 0 Å². The molecule has 0 bridgehead atoms. The van der Waals surface area contributed by atoms with Crippen molar-refractivity contribution in [1.82, 2.24) is 10.6 Å². The molecule has 2 heterocycles. The first-order valence-electron chi connectivity index (χ1n) is 7.84. The molecule has 1 saturated carbocycles. The van der Waals surface area contributed by atoms with Crippen molar-refractivity contribution in [3.05, 3.63) is 24.2 Å². The lowest BCUT2D eigenvalue weighted by atomic mass is 9.77. The summed E-state index contributed by atoms with van der Waals surface area (Å²) in [6.07, 6.45) is 8.99. The quantitative estimate of drug-likeness (QED) is 0.892. The monoisotopic (exact) mass is 276 g/mol. The maximum atomic E-state index is 12.4. The summed E-state index contributed by atoms with van der Waals surface area (Å²) in [5, 5.41) is 6.62. The van der Waals surface area contributed by atoms with Crippen LogP contribution in [0.2, 0.25) is 0 Å². The number of nitrogens with one attached hydrogen (secondary N) is 2. The van der Waals surface area contributed by atoms with Crippen LogP contribution in [0.5, 0.6) is 0 Å². The Morgan fingerprint density at radius 2 is 2.20 bits per heavy atom. The van der Waals surface area contributed by atoms with E-state index in [1.54, 1.807) is 6.26 Å². The highest BCUT2D eigenvalue weighted by molar-refractivity contribution is 5.82. The SMILES string of the molecule is C[C@H](NC(=O)C1CCC2CCCCC2N1)c1ccco1. The molecule has 1 aliphatic heterocycles.